The zero-order chi connectivity index (χ0) is 9.89. The zero-order valence-electron chi connectivity index (χ0n) is 5.31. The van der Waals surface area contributed by atoms with Crippen molar-refractivity contribution in [3.05, 3.63) is 19.6 Å². The summed E-state index contributed by atoms with van der Waals surface area (Å²) in [5.41, 5.74) is -1.55. The van der Waals surface area contributed by atoms with E-state index in [1.54, 1.807) is 0 Å². The van der Waals surface area contributed by atoms with Gasteiger partial charge in [-0.15, -0.1) is 11.6 Å². The van der Waals surface area contributed by atoms with Crippen LogP contribution in [0.25, 0.3) is 0 Å². The first-order chi connectivity index (χ1) is 5.37. The van der Waals surface area contributed by atoms with Crippen LogP contribution >= 0.6 is 58.0 Å². The maximum absolute atomic E-state index is 10.1. The van der Waals surface area contributed by atoms with Crippen LogP contribution in [0.15, 0.2) is 9.52 Å². The van der Waals surface area contributed by atoms with Crippen LogP contribution in [-0.2, 0) is 0 Å². The largest absolute Gasteiger partial charge is 0.307 e. The van der Waals surface area contributed by atoms with Gasteiger partial charge in [0.15, 0.2) is 5.38 Å². The van der Waals surface area contributed by atoms with E-state index >= 15 is 0 Å². The number of alkyl halides is 2. The molecule has 70 valence electrons. The molecule has 3 nitrogen and oxygen atoms in total. The molecule has 0 aliphatic rings. The highest BCUT2D eigenvalue weighted by atomic mass is 35.5. The van der Waals surface area contributed by atoms with Crippen LogP contribution in [0, 0.1) is 10.1 Å². The predicted molar refractivity (Wildman–Crippen MR) is 50.9 cm³/mol. The molecule has 0 aromatic heterocycles. The Balaban J connectivity index is 4.50. The summed E-state index contributed by atoms with van der Waals surface area (Å²) in [6.07, 6.45) is 0. The van der Waals surface area contributed by atoms with E-state index in [2.05, 4.69) is 0 Å². The lowest BCUT2D eigenvalue weighted by Gasteiger charge is -2.07. The molecule has 2 atom stereocenters. The van der Waals surface area contributed by atoms with Gasteiger partial charge in [-0.3, -0.25) is 10.1 Å². The third kappa shape index (κ3) is 3.54. The summed E-state index contributed by atoms with van der Waals surface area (Å²) in [5, 5.41) is 8.62. The van der Waals surface area contributed by atoms with E-state index in [1.807, 2.05) is 0 Å². The summed E-state index contributed by atoms with van der Waals surface area (Å²) in [5.74, 6) is 0. The maximum atomic E-state index is 10.1. The molecule has 0 N–H and O–H groups in total. The molecule has 0 rings (SSSR count). The molecule has 12 heavy (non-hydrogen) atoms. The first kappa shape index (κ1) is 12.6. The molecular formula is C4H2Cl5NO2. The smallest absolute Gasteiger partial charge is 0.263 e. The second-order valence-electron chi connectivity index (χ2n) is 1.67. The van der Waals surface area contributed by atoms with E-state index in [-0.39, 0.29) is 9.52 Å². The number of nitrogens with zero attached hydrogens (tertiary/aromatic N) is 1. The third-order valence-electron chi connectivity index (χ3n) is 0.866. The minimum Gasteiger partial charge on any atom is -0.263 e. The van der Waals surface area contributed by atoms with Crippen molar-refractivity contribution < 1.29 is 4.92 Å². The van der Waals surface area contributed by atoms with Crippen LogP contribution in [-0.4, -0.2) is 15.8 Å². The molecule has 0 spiro atoms. The van der Waals surface area contributed by atoms with Crippen molar-refractivity contribution in [3.8, 4) is 0 Å². The lowest BCUT2D eigenvalue weighted by atomic mass is 10.4. The second kappa shape index (κ2) is 5.35. The molecule has 0 amide bonds. The Morgan fingerprint density at radius 1 is 1.25 bits per heavy atom. The Labute approximate surface area is 93.3 Å². The van der Waals surface area contributed by atoms with Gasteiger partial charge in [-0.05, 0) is 11.6 Å². The number of hydrogen-bond donors (Lipinski definition) is 0. The Morgan fingerprint density at radius 3 is 1.92 bits per heavy atom. The summed E-state index contributed by atoms with van der Waals surface area (Å²) in [7, 11) is 0. The van der Waals surface area contributed by atoms with Crippen LogP contribution in [0.3, 0.4) is 0 Å². The number of rotatable bonds is 3. The molecule has 0 radical (unpaired) electrons. The van der Waals surface area contributed by atoms with Crippen molar-refractivity contribution in [1.82, 2.24) is 0 Å². The van der Waals surface area contributed by atoms with Crippen LogP contribution in [0.5, 0.6) is 0 Å². The van der Waals surface area contributed by atoms with Crippen molar-refractivity contribution >= 4 is 58.0 Å². The molecule has 0 unspecified atom stereocenters. The number of hydrogen-bond acceptors (Lipinski definition) is 2. The minimum atomic E-state index is -1.55. The molecule has 0 aliphatic carbocycles. The molecule has 0 saturated heterocycles. The number of nitro groups is 1. The van der Waals surface area contributed by atoms with Crippen LogP contribution in [0.1, 0.15) is 0 Å². The lowest BCUT2D eigenvalue weighted by Crippen LogP contribution is -2.24. The highest BCUT2D eigenvalue weighted by Gasteiger charge is 2.31. The quantitative estimate of drug-likeness (QED) is 0.342. The van der Waals surface area contributed by atoms with Gasteiger partial charge in [-0.1, -0.05) is 34.8 Å². The zero-order valence-corrected chi connectivity index (χ0v) is 9.09. The Bertz CT molecular complexity index is 213. The molecule has 8 heteroatoms. The van der Waals surface area contributed by atoms with Crippen molar-refractivity contribution in [1.29, 1.82) is 0 Å². The van der Waals surface area contributed by atoms with E-state index in [0.717, 1.165) is 0 Å². The summed E-state index contributed by atoms with van der Waals surface area (Å²) in [6.45, 7) is 0. The minimum absolute atomic E-state index is 0.239. The molecule has 0 aliphatic heterocycles. The molecule has 0 aromatic carbocycles. The van der Waals surface area contributed by atoms with Crippen molar-refractivity contribution in [3.63, 3.8) is 0 Å². The SMILES string of the molecule is O=[N+]([O-])[C@H](Cl)[C@H](Cl)C(Cl)=C(Cl)Cl. The predicted octanol–water partition coefficient (Wildman–Crippen LogP) is 3.32. The third-order valence-corrected chi connectivity index (χ3v) is 3.00. The van der Waals surface area contributed by atoms with Crippen LogP contribution < -0.4 is 0 Å². The molecule has 0 fully saturated rings. The van der Waals surface area contributed by atoms with Gasteiger partial charge in [0.2, 0.25) is 0 Å². The van der Waals surface area contributed by atoms with Gasteiger partial charge in [0.1, 0.15) is 4.49 Å². The van der Waals surface area contributed by atoms with E-state index in [1.165, 1.54) is 0 Å². The van der Waals surface area contributed by atoms with Gasteiger partial charge >= 0.3 is 5.50 Å². The Hall–Kier alpha value is 0.590. The van der Waals surface area contributed by atoms with Gasteiger partial charge < -0.3 is 0 Å². The molecule has 0 bridgehead atoms. The first-order valence-corrected chi connectivity index (χ1v) is 4.51. The topological polar surface area (TPSA) is 43.1 Å². The van der Waals surface area contributed by atoms with Crippen LogP contribution in [0.4, 0.5) is 0 Å². The first-order valence-electron chi connectivity index (χ1n) is 2.50. The van der Waals surface area contributed by atoms with E-state index < -0.39 is 15.8 Å². The Kier molecular flexibility index (Phi) is 5.61. The normalized spacial score (nSPS) is 15.1. The average Bonchev–Trinajstić information content (AvgIpc) is 2.00. The van der Waals surface area contributed by atoms with E-state index in [9.17, 15) is 10.1 Å². The molecule has 0 heterocycles. The van der Waals surface area contributed by atoms with Gasteiger partial charge in [0.05, 0.1) is 5.03 Å². The van der Waals surface area contributed by atoms with E-state index in [0.29, 0.717) is 0 Å². The lowest BCUT2D eigenvalue weighted by molar-refractivity contribution is -0.496. The number of halogens is 5. The summed E-state index contributed by atoms with van der Waals surface area (Å²) in [4.78, 5) is 9.30. The monoisotopic (exact) mass is 271 g/mol. The van der Waals surface area contributed by atoms with Gasteiger partial charge in [-0.25, -0.2) is 0 Å². The van der Waals surface area contributed by atoms with Gasteiger partial charge in [0.25, 0.3) is 0 Å². The maximum Gasteiger partial charge on any atom is 0.307 e. The van der Waals surface area contributed by atoms with Gasteiger partial charge in [-0.2, -0.15) is 0 Å². The standard InChI is InChI=1S/C4H2Cl5NO2/c5-1(3(7)8)2(6)4(9)10(11)12/h2,4H/t2-,4+/m1/s1. The van der Waals surface area contributed by atoms with Gasteiger partial charge in [0, 0.05) is 4.92 Å². The molecule has 0 saturated carbocycles. The fourth-order valence-corrected chi connectivity index (χ4v) is 1.19. The fourth-order valence-electron chi connectivity index (χ4n) is 0.332. The van der Waals surface area contributed by atoms with E-state index in [4.69, 9.17) is 58.0 Å². The average molecular weight is 273 g/mol. The van der Waals surface area contributed by atoms with Crippen LogP contribution in [0.2, 0.25) is 0 Å². The molecule has 0 aromatic rings. The molecular weight excluding hydrogens is 271 g/mol. The summed E-state index contributed by atoms with van der Waals surface area (Å²) >= 11 is 26.5. The fraction of sp³-hybridized carbons (Fsp3) is 0.500. The highest BCUT2D eigenvalue weighted by Crippen LogP contribution is 2.28. The van der Waals surface area contributed by atoms with Crippen molar-refractivity contribution in [2.45, 2.75) is 10.9 Å². The van der Waals surface area contributed by atoms with Crippen molar-refractivity contribution in [2.75, 3.05) is 0 Å². The summed E-state index contributed by atoms with van der Waals surface area (Å²) in [6, 6.07) is 0. The highest BCUT2D eigenvalue weighted by molar-refractivity contribution is 6.60. The second-order valence-corrected chi connectivity index (χ2v) is 3.94. The Morgan fingerprint density at radius 2 is 1.67 bits per heavy atom. The van der Waals surface area contributed by atoms with Crippen molar-refractivity contribution in [2.24, 2.45) is 0 Å². The summed E-state index contributed by atoms with van der Waals surface area (Å²) < 4.78 is -0.329.